The van der Waals surface area contributed by atoms with Crippen molar-refractivity contribution in [3.05, 3.63) is 63.9 Å². The van der Waals surface area contributed by atoms with E-state index in [1.54, 1.807) is 18.2 Å². The summed E-state index contributed by atoms with van der Waals surface area (Å²) in [5, 5.41) is 5.91. The van der Waals surface area contributed by atoms with Crippen molar-refractivity contribution in [2.45, 2.75) is 19.9 Å². The van der Waals surface area contributed by atoms with E-state index in [9.17, 15) is 9.18 Å². The van der Waals surface area contributed by atoms with Crippen LogP contribution in [0.15, 0.2) is 46.9 Å². The van der Waals surface area contributed by atoms with E-state index in [-0.39, 0.29) is 18.3 Å². The van der Waals surface area contributed by atoms with Crippen molar-refractivity contribution >= 4 is 27.5 Å². The van der Waals surface area contributed by atoms with Crippen LogP contribution in [0, 0.1) is 12.7 Å². The van der Waals surface area contributed by atoms with E-state index < -0.39 is 0 Å². The molecule has 0 heterocycles. The Balaban J connectivity index is 1.74. The van der Waals surface area contributed by atoms with Crippen LogP contribution < -0.4 is 10.6 Å². The molecular weight excluding hydrogens is 347 g/mol. The Morgan fingerprint density at radius 3 is 2.73 bits per heavy atom. The zero-order chi connectivity index (χ0) is 15.9. The Morgan fingerprint density at radius 1 is 1.23 bits per heavy atom. The van der Waals surface area contributed by atoms with Gasteiger partial charge in [0.05, 0.1) is 0 Å². The number of hydrogen-bond acceptors (Lipinski definition) is 2. The monoisotopic (exact) mass is 364 g/mol. The molecule has 0 saturated heterocycles. The maximum Gasteiger partial charge on any atom is 0.222 e. The molecule has 0 fully saturated rings. The van der Waals surface area contributed by atoms with Crippen molar-refractivity contribution in [1.82, 2.24) is 5.32 Å². The van der Waals surface area contributed by atoms with Gasteiger partial charge >= 0.3 is 0 Å². The number of aryl methyl sites for hydroxylation is 1. The summed E-state index contributed by atoms with van der Waals surface area (Å²) >= 11 is 3.47. The summed E-state index contributed by atoms with van der Waals surface area (Å²) < 4.78 is 14.4. The normalized spacial score (nSPS) is 10.3. The number of benzene rings is 2. The summed E-state index contributed by atoms with van der Waals surface area (Å²) in [5.74, 6) is -0.410. The number of carbonyl (C=O) groups is 1. The van der Waals surface area contributed by atoms with Crippen molar-refractivity contribution < 1.29 is 9.18 Å². The maximum absolute atomic E-state index is 13.4. The molecular formula is C17H18BrFN2O. The molecule has 0 radical (unpaired) electrons. The Morgan fingerprint density at radius 2 is 2.00 bits per heavy atom. The summed E-state index contributed by atoms with van der Waals surface area (Å²) in [7, 11) is 0. The van der Waals surface area contributed by atoms with E-state index in [1.807, 2.05) is 25.1 Å². The molecule has 0 saturated carbocycles. The van der Waals surface area contributed by atoms with Gasteiger partial charge in [0, 0.05) is 35.2 Å². The number of hydrogen-bond donors (Lipinski definition) is 2. The first-order chi connectivity index (χ1) is 10.6. The number of rotatable bonds is 6. The van der Waals surface area contributed by atoms with Crippen molar-refractivity contribution in [2.75, 3.05) is 11.9 Å². The van der Waals surface area contributed by atoms with Crippen LogP contribution in [0.4, 0.5) is 10.1 Å². The molecule has 0 aromatic heterocycles. The second kappa shape index (κ2) is 7.94. The summed E-state index contributed by atoms with van der Waals surface area (Å²) in [4.78, 5) is 11.8. The Kier molecular flexibility index (Phi) is 5.95. The third-order valence-corrected chi connectivity index (χ3v) is 4.14. The lowest BCUT2D eigenvalue weighted by molar-refractivity contribution is -0.121. The molecule has 116 valence electrons. The molecule has 3 nitrogen and oxygen atoms in total. The van der Waals surface area contributed by atoms with E-state index >= 15 is 0 Å². The van der Waals surface area contributed by atoms with Gasteiger partial charge in [-0.25, -0.2) is 4.39 Å². The standard InChI is InChI=1S/C17H18BrFN2O/c1-12-6-7-14(10-15(12)18)20-9-8-17(22)21-11-13-4-2-3-5-16(13)19/h2-7,10,20H,8-9,11H2,1H3,(H,21,22). The predicted molar refractivity (Wildman–Crippen MR) is 90.2 cm³/mol. The van der Waals surface area contributed by atoms with Crippen molar-refractivity contribution in [3.63, 3.8) is 0 Å². The number of nitrogens with one attached hydrogen (secondary N) is 2. The highest BCUT2D eigenvalue weighted by Crippen LogP contribution is 2.20. The van der Waals surface area contributed by atoms with Crippen LogP contribution in [0.25, 0.3) is 0 Å². The van der Waals surface area contributed by atoms with Gasteiger partial charge in [0.2, 0.25) is 5.91 Å². The summed E-state index contributed by atoms with van der Waals surface area (Å²) in [6, 6.07) is 12.4. The molecule has 2 rings (SSSR count). The first-order valence-electron chi connectivity index (χ1n) is 7.06. The smallest absolute Gasteiger partial charge is 0.222 e. The summed E-state index contributed by atoms with van der Waals surface area (Å²) in [6.07, 6.45) is 0.333. The maximum atomic E-state index is 13.4. The van der Waals surface area contributed by atoms with Gasteiger partial charge < -0.3 is 10.6 Å². The average Bonchev–Trinajstić information content (AvgIpc) is 2.50. The Labute approximate surface area is 138 Å². The average molecular weight is 365 g/mol. The molecule has 22 heavy (non-hydrogen) atoms. The number of carbonyl (C=O) groups excluding carboxylic acids is 1. The minimum absolute atomic E-state index is 0.109. The van der Waals surface area contributed by atoms with E-state index in [2.05, 4.69) is 26.6 Å². The van der Waals surface area contributed by atoms with Crippen LogP contribution in [0.5, 0.6) is 0 Å². The highest BCUT2D eigenvalue weighted by atomic mass is 79.9. The highest BCUT2D eigenvalue weighted by Gasteiger charge is 2.04. The lowest BCUT2D eigenvalue weighted by Crippen LogP contribution is -2.25. The predicted octanol–water partition coefficient (Wildman–Crippen LogP) is 4.02. The lowest BCUT2D eigenvalue weighted by Gasteiger charge is -2.09. The quantitative estimate of drug-likeness (QED) is 0.812. The topological polar surface area (TPSA) is 41.1 Å². The van der Waals surface area contributed by atoms with Gasteiger partial charge in [-0.05, 0) is 30.7 Å². The van der Waals surface area contributed by atoms with Crippen LogP contribution in [-0.4, -0.2) is 12.5 Å². The second-order valence-corrected chi connectivity index (χ2v) is 5.86. The first-order valence-corrected chi connectivity index (χ1v) is 7.85. The zero-order valence-electron chi connectivity index (χ0n) is 12.3. The molecule has 2 aromatic rings. The van der Waals surface area contributed by atoms with E-state index in [4.69, 9.17) is 0 Å². The fraction of sp³-hybridized carbons (Fsp3) is 0.235. The molecule has 2 N–H and O–H groups in total. The molecule has 0 bridgehead atoms. The summed E-state index contributed by atoms with van der Waals surface area (Å²) in [5.41, 5.74) is 2.61. The van der Waals surface area contributed by atoms with Gasteiger partial charge in [-0.3, -0.25) is 4.79 Å². The minimum Gasteiger partial charge on any atom is -0.384 e. The van der Waals surface area contributed by atoms with Crippen LogP contribution in [0.2, 0.25) is 0 Å². The highest BCUT2D eigenvalue weighted by molar-refractivity contribution is 9.10. The first kappa shape index (κ1) is 16.5. The van der Waals surface area contributed by atoms with Gasteiger partial charge in [-0.2, -0.15) is 0 Å². The number of anilines is 1. The van der Waals surface area contributed by atoms with Crippen molar-refractivity contribution in [1.29, 1.82) is 0 Å². The van der Waals surface area contributed by atoms with Crippen LogP contribution in [0.1, 0.15) is 17.5 Å². The molecule has 0 aliphatic heterocycles. The zero-order valence-corrected chi connectivity index (χ0v) is 13.9. The van der Waals surface area contributed by atoms with Crippen LogP contribution >= 0.6 is 15.9 Å². The molecule has 0 aliphatic carbocycles. The second-order valence-electron chi connectivity index (χ2n) is 5.01. The van der Waals surface area contributed by atoms with E-state index in [0.717, 1.165) is 15.7 Å². The SMILES string of the molecule is Cc1ccc(NCCC(=O)NCc2ccccc2F)cc1Br. The van der Waals surface area contributed by atoms with E-state index in [0.29, 0.717) is 18.5 Å². The van der Waals surface area contributed by atoms with Crippen LogP contribution in [-0.2, 0) is 11.3 Å². The molecule has 0 aliphatic rings. The fourth-order valence-electron chi connectivity index (χ4n) is 1.95. The van der Waals surface area contributed by atoms with Gasteiger partial charge in [0.25, 0.3) is 0 Å². The third kappa shape index (κ3) is 4.84. The van der Waals surface area contributed by atoms with Gasteiger partial charge in [-0.15, -0.1) is 0 Å². The number of halogens is 2. The van der Waals surface area contributed by atoms with Crippen LogP contribution in [0.3, 0.4) is 0 Å². The Hall–Kier alpha value is -1.88. The number of amides is 1. The largest absolute Gasteiger partial charge is 0.384 e. The molecule has 5 heteroatoms. The van der Waals surface area contributed by atoms with Crippen molar-refractivity contribution in [3.8, 4) is 0 Å². The third-order valence-electron chi connectivity index (χ3n) is 3.29. The van der Waals surface area contributed by atoms with Gasteiger partial charge in [-0.1, -0.05) is 40.2 Å². The Bertz CT molecular complexity index is 661. The van der Waals surface area contributed by atoms with Gasteiger partial charge in [0.1, 0.15) is 5.82 Å². The fourth-order valence-corrected chi connectivity index (χ4v) is 2.33. The molecule has 2 aromatic carbocycles. The van der Waals surface area contributed by atoms with Crippen molar-refractivity contribution in [2.24, 2.45) is 0 Å². The lowest BCUT2D eigenvalue weighted by atomic mass is 10.2. The summed E-state index contributed by atoms with van der Waals surface area (Å²) in [6.45, 7) is 2.75. The van der Waals surface area contributed by atoms with Gasteiger partial charge in [0.15, 0.2) is 0 Å². The van der Waals surface area contributed by atoms with E-state index in [1.165, 1.54) is 6.07 Å². The minimum atomic E-state index is -0.301. The molecule has 1 amide bonds. The molecule has 0 unspecified atom stereocenters. The molecule has 0 spiro atoms. The molecule has 0 atom stereocenters.